The van der Waals surface area contributed by atoms with Gasteiger partial charge in [0.2, 0.25) is 0 Å². The molecule has 6 heteroatoms. The maximum atomic E-state index is 12.4. The van der Waals surface area contributed by atoms with Gasteiger partial charge in [0.1, 0.15) is 12.1 Å². The highest BCUT2D eigenvalue weighted by Gasteiger charge is 2.29. The maximum Gasteiger partial charge on any atom is 0.169 e. The highest BCUT2D eigenvalue weighted by molar-refractivity contribution is 6.02. The first-order valence-electron chi connectivity index (χ1n) is 6.98. The minimum atomic E-state index is -0.0147. The molecule has 1 aromatic carbocycles. The summed E-state index contributed by atoms with van der Waals surface area (Å²) in [5.41, 5.74) is 8.00. The number of carbonyl (C=O) groups excluding carboxylic acids is 1. The molecule has 1 aliphatic rings. The number of nitrogens with two attached hydrogens (primary N) is 1. The van der Waals surface area contributed by atoms with Crippen molar-refractivity contribution in [3.05, 3.63) is 41.3 Å². The monoisotopic (exact) mass is 299 g/mol. The van der Waals surface area contributed by atoms with Crippen LogP contribution in [-0.4, -0.2) is 30.0 Å². The van der Waals surface area contributed by atoms with Crippen LogP contribution in [0.2, 0.25) is 0 Å². The quantitative estimate of drug-likeness (QED) is 0.932. The summed E-state index contributed by atoms with van der Waals surface area (Å²) < 4.78 is 10.6. The van der Waals surface area contributed by atoms with E-state index in [0.717, 1.165) is 5.56 Å². The molecule has 0 aliphatic heterocycles. The van der Waals surface area contributed by atoms with Gasteiger partial charge in [-0.25, -0.2) is 9.97 Å². The molecular weight excluding hydrogens is 282 g/mol. The number of benzene rings is 1. The molecule has 2 aromatic rings. The van der Waals surface area contributed by atoms with E-state index in [9.17, 15) is 4.79 Å². The van der Waals surface area contributed by atoms with Crippen molar-refractivity contribution in [2.24, 2.45) is 0 Å². The first kappa shape index (κ1) is 14.3. The highest BCUT2D eigenvalue weighted by Crippen LogP contribution is 2.37. The number of fused-ring (bicyclic) bond motifs is 1. The first-order valence-corrected chi connectivity index (χ1v) is 6.98. The summed E-state index contributed by atoms with van der Waals surface area (Å²) >= 11 is 0. The van der Waals surface area contributed by atoms with Gasteiger partial charge in [-0.1, -0.05) is 6.07 Å². The van der Waals surface area contributed by atoms with Crippen molar-refractivity contribution in [2.75, 3.05) is 20.0 Å². The van der Waals surface area contributed by atoms with E-state index in [2.05, 4.69) is 9.97 Å². The second-order valence-corrected chi connectivity index (χ2v) is 5.22. The molecule has 1 aliphatic carbocycles. The third kappa shape index (κ3) is 2.36. The number of hydrogen-bond acceptors (Lipinski definition) is 6. The van der Waals surface area contributed by atoms with Gasteiger partial charge in [0.05, 0.1) is 25.5 Å². The van der Waals surface area contributed by atoms with E-state index in [4.69, 9.17) is 15.2 Å². The molecule has 0 radical (unpaired) electrons. The minimum absolute atomic E-state index is 0.0147. The molecule has 0 saturated carbocycles. The molecule has 114 valence electrons. The standard InChI is InChI=1S/C16H17N3O3/c1-21-13-4-3-9(7-14(13)22-2)10-5-11-15(12(20)6-10)16(17)19-8-18-11/h3-4,7-8,10H,5-6H2,1-2H3,(H2,17,18,19)/t10-/m0/s1. The Hall–Kier alpha value is -2.63. The average Bonchev–Trinajstić information content (AvgIpc) is 2.53. The zero-order chi connectivity index (χ0) is 15.7. The van der Waals surface area contributed by atoms with Crippen LogP contribution in [0.3, 0.4) is 0 Å². The summed E-state index contributed by atoms with van der Waals surface area (Å²) in [6, 6.07) is 5.71. The van der Waals surface area contributed by atoms with Crippen molar-refractivity contribution >= 4 is 11.6 Å². The van der Waals surface area contributed by atoms with E-state index in [1.807, 2.05) is 18.2 Å². The van der Waals surface area contributed by atoms with E-state index in [0.29, 0.717) is 35.6 Å². The Morgan fingerprint density at radius 2 is 1.91 bits per heavy atom. The highest BCUT2D eigenvalue weighted by atomic mass is 16.5. The number of ketones is 1. The number of Topliss-reactive ketones (excluding diaryl/α,β-unsaturated/α-hetero) is 1. The summed E-state index contributed by atoms with van der Waals surface area (Å²) in [5, 5.41) is 0. The number of anilines is 1. The number of aromatic nitrogens is 2. The van der Waals surface area contributed by atoms with Gasteiger partial charge in [-0.2, -0.15) is 0 Å². The van der Waals surface area contributed by atoms with Crippen molar-refractivity contribution in [3.63, 3.8) is 0 Å². The third-order valence-electron chi connectivity index (χ3n) is 3.98. The number of ether oxygens (including phenoxy) is 2. The van der Waals surface area contributed by atoms with Crippen molar-refractivity contribution in [2.45, 2.75) is 18.8 Å². The van der Waals surface area contributed by atoms with Gasteiger partial charge in [0.15, 0.2) is 17.3 Å². The SMILES string of the molecule is COc1ccc([C@@H]2CC(=O)c3c(N)ncnc3C2)cc1OC. The number of hydrogen-bond donors (Lipinski definition) is 1. The normalized spacial score (nSPS) is 17.0. The molecule has 0 fully saturated rings. The number of rotatable bonds is 3. The molecule has 1 heterocycles. The van der Waals surface area contributed by atoms with Crippen LogP contribution in [0, 0.1) is 0 Å². The molecule has 0 saturated heterocycles. The Morgan fingerprint density at radius 3 is 2.64 bits per heavy atom. The van der Waals surface area contributed by atoms with E-state index in [1.165, 1.54) is 6.33 Å². The molecule has 3 rings (SSSR count). The van der Waals surface area contributed by atoms with Gasteiger partial charge in [0, 0.05) is 6.42 Å². The molecule has 1 atom stereocenters. The summed E-state index contributed by atoms with van der Waals surface area (Å²) in [5.74, 6) is 1.62. The number of methoxy groups -OCH3 is 2. The molecule has 0 spiro atoms. The van der Waals surface area contributed by atoms with Gasteiger partial charge >= 0.3 is 0 Å². The Balaban J connectivity index is 1.96. The van der Waals surface area contributed by atoms with Gasteiger partial charge in [-0.3, -0.25) is 4.79 Å². The van der Waals surface area contributed by atoms with Crippen LogP contribution in [0.5, 0.6) is 11.5 Å². The Labute approximate surface area is 128 Å². The van der Waals surface area contributed by atoms with Gasteiger partial charge in [0.25, 0.3) is 0 Å². The Bertz CT molecular complexity index is 731. The van der Waals surface area contributed by atoms with Crippen LogP contribution in [-0.2, 0) is 6.42 Å². The van der Waals surface area contributed by atoms with Crippen LogP contribution in [0.1, 0.15) is 34.0 Å². The molecule has 0 bridgehead atoms. The number of nitrogens with zero attached hydrogens (tertiary/aromatic N) is 2. The summed E-state index contributed by atoms with van der Waals surface area (Å²) in [4.78, 5) is 20.5. The summed E-state index contributed by atoms with van der Waals surface area (Å²) in [6.45, 7) is 0. The predicted molar refractivity (Wildman–Crippen MR) is 81.4 cm³/mol. The van der Waals surface area contributed by atoms with Gasteiger partial charge in [-0.05, 0) is 30.0 Å². The van der Waals surface area contributed by atoms with E-state index in [-0.39, 0.29) is 17.5 Å². The lowest BCUT2D eigenvalue weighted by Gasteiger charge is -2.24. The fourth-order valence-electron chi connectivity index (χ4n) is 2.87. The lowest BCUT2D eigenvalue weighted by Crippen LogP contribution is -2.22. The van der Waals surface area contributed by atoms with Crippen molar-refractivity contribution in [1.29, 1.82) is 0 Å². The maximum absolute atomic E-state index is 12.4. The van der Waals surface area contributed by atoms with E-state index in [1.54, 1.807) is 14.2 Å². The molecule has 22 heavy (non-hydrogen) atoms. The fourth-order valence-corrected chi connectivity index (χ4v) is 2.87. The molecular formula is C16H17N3O3. The summed E-state index contributed by atoms with van der Waals surface area (Å²) in [6.07, 6.45) is 2.45. The molecule has 2 N–H and O–H groups in total. The first-order chi connectivity index (χ1) is 10.6. The second-order valence-electron chi connectivity index (χ2n) is 5.22. The van der Waals surface area contributed by atoms with E-state index < -0.39 is 0 Å². The minimum Gasteiger partial charge on any atom is -0.493 e. The van der Waals surface area contributed by atoms with Crippen LogP contribution in [0.25, 0.3) is 0 Å². The third-order valence-corrected chi connectivity index (χ3v) is 3.98. The second kappa shape index (κ2) is 5.63. The topological polar surface area (TPSA) is 87.3 Å². The van der Waals surface area contributed by atoms with Crippen molar-refractivity contribution in [1.82, 2.24) is 9.97 Å². The van der Waals surface area contributed by atoms with Crippen molar-refractivity contribution < 1.29 is 14.3 Å². The average molecular weight is 299 g/mol. The lowest BCUT2D eigenvalue weighted by molar-refractivity contribution is 0.0963. The predicted octanol–water partition coefficient (Wildman–Crippen LogP) is 1.99. The van der Waals surface area contributed by atoms with Crippen LogP contribution in [0.4, 0.5) is 5.82 Å². The number of nitrogen functional groups attached to an aromatic ring is 1. The van der Waals surface area contributed by atoms with Crippen LogP contribution < -0.4 is 15.2 Å². The molecule has 1 aromatic heterocycles. The van der Waals surface area contributed by atoms with Crippen LogP contribution >= 0.6 is 0 Å². The largest absolute Gasteiger partial charge is 0.493 e. The van der Waals surface area contributed by atoms with Crippen LogP contribution in [0.15, 0.2) is 24.5 Å². The zero-order valence-electron chi connectivity index (χ0n) is 12.5. The molecule has 6 nitrogen and oxygen atoms in total. The van der Waals surface area contributed by atoms with E-state index >= 15 is 0 Å². The lowest BCUT2D eigenvalue weighted by atomic mass is 9.81. The van der Waals surface area contributed by atoms with Gasteiger partial charge in [-0.15, -0.1) is 0 Å². The van der Waals surface area contributed by atoms with Gasteiger partial charge < -0.3 is 15.2 Å². The zero-order valence-corrected chi connectivity index (χ0v) is 12.5. The summed E-state index contributed by atoms with van der Waals surface area (Å²) in [7, 11) is 3.19. The Kier molecular flexibility index (Phi) is 3.66. The Morgan fingerprint density at radius 1 is 1.14 bits per heavy atom. The number of carbonyl (C=O) groups is 1. The fraction of sp³-hybridized carbons (Fsp3) is 0.312. The molecule has 0 unspecified atom stereocenters. The van der Waals surface area contributed by atoms with Crippen molar-refractivity contribution in [3.8, 4) is 11.5 Å². The smallest absolute Gasteiger partial charge is 0.169 e. The molecule has 0 amide bonds.